The summed E-state index contributed by atoms with van der Waals surface area (Å²) in [6, 6.07) is 0. The van der Waals surface area contributed by atoms with Crippen LogP contribution in [0.2, 0.25) is 21.3 Å². The molecule has 0 fully saturated rings. The van der Waals surface area contributed by atoms with Crippen molar-refractivity contribution in [2.45, 2.75) is 34.1 Å². The van der Waals surface area contributed by atoms with Gasteiger partial charge in [-0.3, -0.25) is 0 Å². The topological polar surface area (TPSA) is 86.7 Å². The van der Waals surface area contributed by atoms with Gasteiger partial charge in [0.15, 0.2) is 0 Å². The molecule has 10 heteroatoms. The van der Waals surface area contributed by atoms with Crippen LogP contribution in [-0.2, 0) is 28.6 Å². The molecule has 0 amide bonds. The van der Waals surface area contributed by atoms with Crippen LogP contribution in [0.5, 0.6) is 0 Å². The van der Waals surface area contributed by atoms with Gasteiger partial charge in [-0.05, 0) is 0 Å². The van der Waals surface area contributed by atoms with Crippen molar-refractivity contribution < 1.29 is 25.2 Å². The van der Waals surface area contributed by atoms with E-state index in [0.29, 0.717) is 29.9 Å². The molecule has 0 aliphatic rings. The molecule has 0 aromatic carbocycles. The molecule has 20 heavy (non-hydrogen) atoms. The Hall–Kier alpha value is 0.859. The van der Waals surface area contributed by atoms with E-state index in [4.69, 9.17) is 0 Å². The molecule has 6 nitrogen and oxygen atoms in total. The second kappa shape index (κ2) is 11.4. The summed E-state index contributed by atoms with van der Waals surface area (Å²) in [6.07, 6.45) is 3.72. The van der Waals surface area contributed by atoms with Gasteiger partial charge in [-0.1, -0.05) is 0 Å². The molecule has 0 heterocycles. The Balaban J connectivity index is 3.18. The molecule has 0 aromatic heterocycles. The van der Waals surface area contributed by atoms with Crippen LogP contribution in [0, 0.1) is 0 Å². The Labute approximate surface area is 134 Å². The first-order valence-corrected chi connectivity index (χ1v) is 14.5. The van der Waals surface area contributed by atoms with E-state index >= 15 is 0 Å². The fourth-order valence-electron chi connectivity index (χ4n) is 1.06. The maximum absolute atomic E-state index is 10.7. The van der Waals surface area contributed by atoms with Crippen molar-refractivity contribution in [1.29, 1.82) is 0 Å². The molecule has 0 aromatic rings. The van der Waals surface area contributed by atoms with Gasteiger partial charge < -0.3 is 0 Å². The van der Waals surface area contributed by atoms with E-state index in [-0.39, 0.29) is 13.2 Å². The minimum atomic E-state index is -3.29. The molecular formula is C10H22O6S2Se2. The van der Waals surface area contributed by atoms with Crippen LogP contribution in [0.4, 0.5) is 0 Å². The van der Waals surface area contributed by atoms with Crippen LogP contribution in [0.3, 0.4) is 0 Å². The summed E-state index contributed by atoms with van der Waals surface area (Å²) in [6.45, 7) is 0.573. The fourth-order valence-corrected chi connectivity index (χ4v) is 7.18. The summed E-state index contributed by atoms with van der Waals surface area (Å²) in [4.78, 5) is 0. The van der Waals surface area contributed by atoms with Gasteiger partial charge >= 0.3 is 135 Å². The van der Waals surface area contributed by atoms with Crippen LogP contribution in [0.15, 0.2) is 0 Å². The van der Waals surface area contributed by atoms with E-state index in [1.807, 2.05) is 0 Å². The quantitative estimate of drug-likeness (QED) is 0.230. The molecule has 0 saturated heterocycles. The Morgan fingerprint density at radius 2 is 1.05 bits per heavy atom. The van der Waals surface area contributed by atoms with Gasteiger partial charge in [-0.2, -0.15) is 0 Å². The van der Waals surface area contributed by atoms with Crippen LogP contribution in [0.1, 0.15) is 12.8 Å². The molecule has 0 atom stereocenters. The van der Waals surface area contributed by atoms with Crippen LogP contribution in [0.25, 0.3) is 0 Å². The van der Waals surface area contributed by atoms with Crippen LogP contribution >= 0.6 is 0 Å². The zero-order valence-corrected chi connectivity index (χ0v) is 16.8. The molecule has 0 saturated carbocycles. The number of hydrogen-bond acceptors (Lipinski definition) is 6. The normalized spacial score (nSPS) is 12.7. The molecule has 0 aliphatic carbocycles. The van der Waals surface area contributed by atoms with Crippen molar-refractivity contribution in [2.24, 2.45) is 0 Å². The SMILES string of the molecule is CS(=O)(=O)OCCC[Se]CC[Se]CCCOS(C)(=O)=O. The average molecular weight is 460 g/mol. The number of hydrogen-bond donors (Lipinski definition) is 0. The standard InChI is InChI=1S/C10H22O6S2Se2/c1-17(11,12)15-5-3-7-19-9-10-20-8-4-6-16-18(2,13)14/h3-10H2,1-2H3. The van der Waals surface area contributed by atoms with Crippen LogP contribution in [-0.4, -0.2) is 72.5 Å². The third-order valence-corrected chi connectivity index (χ3v) is 8.82. The van der Waals surface area contributed by atoms with Gasteiger partial charge in [0.2, 0.25) is 0 Å². The van der Waals surface area contributed by atoms with Gasteiger partial charge in [0.1, 0.15) is 0 Å². The maximum atomic E-state index is 10.7. The molecule has 0 unspecified atom stereocenters. The predicted molar refractivity (Wildman–Crippen MR) is 81.6 cm³/mol. The second-order valence-corrected chi connectivity index (χ2v) is 12.4. The Bertz CT molecular complexity index is 393. The number of rotatable bonds is 13. The molecule has 0 aliphatic heterocycles. The van der Waals surface area contributed by atoms with Gasteiger partial charge in [0.05, 0.1) is 0 Å². The molecule has 0 rings (SSSR count). The molecule has 0 N–H and O–H groups in total. The summed E-state index contributed by atoms with van der Waals surface area (Å²) < 4.78 is 52.1. The summed E-state index contributed by atoms with van der Waals surface area (Å²) in [5, 5.41) is 4.46. The Morgan fingerprint density at radius 1 is 0.700 bits per heavy atom. The predicted octanol–water partition coefficient (Wildman–Crippen LogP) is 0.801. The van der Waals surface area contributed by atoms with Crippen molar-refractivity contribution in [3.63, 3.8) is 0 Å². The minimum absolute atomic E-state index is 0.286. The summed E-state index contributed by atoms with van der Waals surface area (Å²) >= 11 is 1.09. The average Bonchev–Trinajstić information content (AvgIpc) is 2.27. The molecule has 0 spiro atoms. The van der Waals surface area contributed by atoms with E-state index in [1.165, 1.54) is 10.6 Å². The second-order valence-electron chi connectivity index (χ2n) is 3.98. The fraction of sp³-hybridized carbons (Fsp3) is 1.00. The van der Waals surface area contributed by atoms with E-state index in [1.54, 1.807) is 0 Å². The Morgan fingerprint density at radius 3 is 1.35 bits per heavy atom. The van der Waals surface area contributed by atoms with Crippen LogP contribution < -0.4 is 0 Å². The van der Waals surface area contributed by atoms with Gasteiger partial charge in [0, 0.05) is 0 Å². The van der Waals surface area contributed by atoms with Crippen molar-refractivity contribution in [3.8, 4) is 0 Å². The van der Waals surface area contributed by atoms with E-state index < -0.39 is 20.2 Å². The summed E-state index contributed by atoms with van der Waals surface area (Å²) in [5.41, 5.74) is 0. The van der Waals surface area contributed by atoms with Gasteiger partial charge in [-0.15, -0.1) is 0 Å². The zero-order chi connectivity index (χ0) is 15.5. The van der Waals surface area contributed by atoms with Gasteiger partial charge in [-0.25, -0.2) is 0 Å². The van der Waals surface area contributed by atoms with E-state index in [9.17, 15) is 16.8 Å². The van der Waals surface area contributed by atoms with Crippen molar-refractivity contribution in [3.05, 3.63) is 0 Å². The van der Waals surface area contributed by atoms with Gasteiger partial charge in [0.25, 0.3) is 0 Å². The zero-order valence-electron chi connectivity index (χ0n) is 11.7. The first-order valence-electron chi connectivity index (χ1n) is 6.05. The first kappa shape index (κ1) is 20.9. The molecule has 122 valence electrons. The summed E-state index contributed by atoms with van der Waals surface area (Å²) in [5.74, 6) is 0. The van der Waals surface area contributed by atoms with Crippen molar-refractivity contribution in [1.82, 2.24) is 0 Å². The third-order valence-electron chi connectivity index (χ3n) is 1.83. The first-order chi connectivity index (χ1) is 9.21. The summed E-state index contributed by atoms with van der Waals surface area (Å²) in [7, 11) is -6.58. The van der Waals surface area contributed by atoms with E-state index in [0.717, 1.165) is 36.0 Å². The van der Waals surface area contributed by atoms with Crippen molar-refractivity contribution in [2.75, 3.05) is 25.7 Å². The monoisotopic (exact) mass is 462 g/mol. The van der Waals surface area contributed by atoms with E-state index in [2.05, 4.69) is 8.37 Å². The third kappa shape index (κ3) is 18.9. The molecule has 0 bridgehead atoms. The molecular weight excluding hydrogens is 438 g/mol. The Kier molecular flexibility index (Phi) is 11.9. The van der Waals surface area contributed by atoms with Crippen molar-refractivity contribution >= 4 is 50.1 Å². The molecule has 0 radical (unpaired) electrons.